The summed E-state index contributed by atoms with van der Waals surface area (Å²) in [6.07, 6.45) is 1.91. The van der Waals surface area contributed by atoms with Gasteiger partial charge in [0.05, 0.1) is 30.7 Å². The van der Waals surface area contributed by atoms with E-state index >= 15 is 4.39 Å². The average Bonchev–Trinajstić information content (AvgIpc) is 3.18. The normalized spacial score (nSPS) is 18.6. The Balaban J connectivity index is 1.70. The van der Waals surface area contributed by atoms with E-state index in [4.69, 9.17) is 4.74 Å². The first-order valence-electron chi connectivity index (χ1n) is 8.71. The van der Waals surface area contributed by atoms with Crippen molar-refractivity contribution in [2.75, 3.05) is 18.0 Å². The number of fused-ring (bicyclic) bond motifs is 3. The van der Waals surface area contributed by atoms with E-state index in [1.165, 1.54) is 6.92 Å². The van der Waals surface area contributed by atoms with Crippen molar-refractivity contribution < 1.29 is 23.1 Å². The van der Waals surface area contributed by atoms with Gasteiger partial charge in [0, 0.05) is 24.1 Å². The van der Waals surface area contributed by atoms with Crippen molar-refractivity contribution in [1.82, 2.24) is 15.5 Å². The fraction of sp³-hybridized carbons (Fsp3) is 0.389. The lowest BCUT2D eigenvalue weighted by atomic mass is 9.99. The highest BCUT2D eigenvalue weighted by Crippen LogP contribution is 2.39. The fourth-order valence-electron chi connectivity index (χ4n) is 3.62. The third-order valence-corrected chi connectivity index (χ3v) is 4.88. The zero-order valence-corrected chi connectivity index (χ0v) is 14.6. The molecule has 0 saturated carbocycles. The third kappa shape index (κ3) is 3.02. The monoisotopic (exact) mass is 376 g/mol. The van der Waals surface area contributed by atoms with E-state index in [-0.39, 0.29) is 35.8 Å². The van der Waals surface area contributed by atoms with Gasteiger partial charge in [-0.1, -0.05) is 0 Å². The largest absolute Gasteiger partial charge is 0.442 e. The molecule has 4 rings (SSSR count). The predicted octanol–water partition coefficient (Wildman–Crippen LogP) is 2.30. The molecule has 1 aliphatic carbocycles. The summed E-state index contributed by atoms with van der Waals surface area (Å²) in [7, 11) is 0. The van der Waals surface area contributed by atoms with Gasteiger partial charge in [-0.15, -0.1) is 0 Å². The van der Waals surface area contributed by atoms with Crippen LogP contribution < -0.4 is 10.2 Å². The molecule has 1 aromatic heterocycles. The van der Waals surface area contributed by atoms with Gasteiger partial charge in [0.25, 0.3) is 0 Å². The van der Waals surface area contributed by atoms with Crippen LogP contribution in [0, 0.1) is 11.6 Å². The SMILES string of the molecule is CC(=O)NC[C@H]1CN(c2cc(F)c3c(c2F)CCCc2cn[nH]c2-3)C(=O)O1. The Morgan fingerprint density at radius 3 is 3.04 bits per heavy atom. The number of cyclic esters (lactones) is 1. The zero-order valence-electron chi connectivity index (χ0n) is 14.6. The van der Waals surface area contributed by atoms with E-state index in [0.717, 1.165) is 16.5 Å². The van der Waals surface area contributed by atoms with E-state index in [1.54, 1.807) is 6.20 Å². The van der Waals surface area contributed by atoms with Crippen LogP contribution in [-0.2, 0) is 22.4 Å². The van der Waals surface area contributed by atoms with Crippen molar-refractivity contribution in [3.63, 3.8) is 0 Å². The van der Waals surface area contributed by atoms with Crippen LogP contribution >= 0.6 is 0 Å². The highest BCUT2D eigenvalue weighted by atomic mass is 19.1. The number of amides is 2. The molecule has 1 aliphatic heterocycles. The van der Waals surface area contributed by atoms with Gasteiger partial charge in [-0.3, -0.25) is 14.8 Å². The van der Waals surface area contributed by atoms with Crippen LogP contribution in [0.1, 0.15) is 24.5 Å². The Hall–Kier alpha value is -2.97. The number of nitrogens with zero attached hydrogens (tertiary/aromatic N) is 2. The molecule has 2 amide bonds. The van der Waals surface area contributed by atoms with Crippen LogP contribution in [-0.4, -0.2) is 41.4 Å². The summed E-state index contributed by atoms with van der Waals surface area (Å²) in [6.45, 7) is 1.49. The smallest absolute Gasteiger partial charge is 0.414 e. The molecule has 0 spiro atoms. The number of aromatic nitrogens is 2. The molecule has 7 nitrogen and oxygen atoms in total. The van der Waals surface area contributed by atoms with E-state index < -0.39 is 23.8 Å². The minimum absolute atomic E-state index is 0.0313. The lowest BCUT2D eigenvalue weighted by Gasteiger charge is -2.18. The topological polar surface area (TPSA) is 87.3 Å². The minimum atomic E-state index is -0.764. The second-order valence-corrected chi connectivity index (χ2v) is 6.72. The number of benzene rings is 1. The zero-order chi connectivity index (χ0) is 19.1. The Morgan fingerprint density at radius 1 is 1.44 bits per heavy atom. The molecule has 2 heterocycles. The van der Waals surface area contributed by atoms with Gasteiger partial charge in [-0.05, 0) is 24.8 Å². The van der Waals surface area contributed by atoms with Gasteiger partial charge in [-0.25, -0.2) is 13.6 Å². The predicted molar refractivity (Wildman–Crippen MR) is 92.3 cm³/mol. The number of carbonyl (C=O) groups is 2. The number of carbonyl (C=O) groups excluding carboxylic acids is 2. The number of aryl methyl sites for hydroxylation is 1. The summed E-state index contributed by atoms with van der Waals surface area (Å²) in [5.74, 6) is -1.51. The van der Waals surface area contributed by atoms with Crippen LogP contribution in [0.25, 0.3) is 11.3 Å². The van der Waals surface area contributed by atoms with E-state index in [1.807, 2.05) is 0 Å². The van der Waals surface area contributed by atoms with Crippen LogP contribution in [0.2, 0.25) is 0 Å². The minimum Gasteiger partial charge on any atom is -0.442 e. The van der Waals surface area contributed by atoms with Crippen LogP contribution in [0.5, 0.6) is 0 Å². The molecule has 2 aromatic rings. The number of rotatable bonds is 3. The van der Waals surface area contributed by atoms with E-state index in [2.05, 4.69) is 15.5 Å². The number of halogens is 2. The summed E-state index contributed by atoms with van der Waals surface area (Å²) in [6, 6.07) is 1.02. The molecule has 0 unspecified atom stereocenters. The van der Waals surface area contributed by atoms with Crippen molar-refractivity contribution in [2.45, 2.75) is 32.3 Å². The maximum Gasteiger partial charge on any atom is 0.414 e. The Labute approximate surface area is 153 Å². The van der Waals surface area contributed by atoms with Crippen LogP contribution in [0.4, 0.5) is 19.3 Å². The van der Waals surface area contributed by atoms with Crippen molar-refractivity contribution in [3.8, 4) is 11.3 Å². The molecular weight excluding hydrogens is 358 g/mol. The Kier molecular flexibility index (Phi) is 4.29. The standard InChI is InChI=1S/C18H18F2N4O3/c1-9(25)21-7-11-8-24(18(26)27-11)14-5-13(19)15-12(16(14)20)4-2-3-10-6-22-23-17(10)15/h5-6,11H,2-4,7-8H2,1H3,(H,21,25)(H,22,23)/t11-/m0/s1. The molecule has 9 heteroatoms. The number of anilines is 1. The van der Waals surface area contributed by atoms with Crippen LogP contribution in [0.15, 0.2) is 12.3 Å². The lowest BCUT2D eigenvalue weighted by Crippen LogP contribution is -2.33. The number of hydrogen-bond donors (Lipinski definition) is 2. The summed E-state index contributed by atoms with van der Waals surface area (Å²) in [5.41, 5.74) is 1.58. The van der Waals surface area contributed by atoms with E-state index in [0.29, 0.717) is 25.0 Å². The average molecular weight is 376 g/mol. The number of ether oxygens (including phenoxy) is 1. The number of nitrogens with one attached hydrogen (secondary N) is 2. The van der Waals surface area contributed by atoms with Crippen LogP contribution in [0.3, 0.4) is 0 Å². The van der Waals surface area contributed by atoms with Gasteiger partial charge in [0.1, 0.15) is 11.9 Å². The summed E-state index contributed by atoms with van der Waals surface area (Å²) in [5, 5.41) is 9.24. The molecule has 1 atom stereocenters. The molecule has 2 aliphatic rings. The van der Waals surface area contributed by atoms with Crippen molar-refractivity contribution in [2.24, 2.45) is 0 Å². The molecule has 0 radical (unpaired) electrons. The van der Waals surface area contributed by atoms with Crippen molar-refractivity contribution >= 4 is 17.7 Å². The van der Waals surface area contributed by atoms with Gasteiger partial charge in [0.15, 0.2) is 5.82 Å². The van der Waals surface area contributed by atoms with Crippen molar-refractivity contribution in [3.05, 3.63) is 35.0 Å². The highest BCUT2D eigenvalue weighted by molar-refractivity contribution is 5.91. The van der Waals surface area contributed by atoms with Gasteiger partial charge in [0.2, 0.25) is 5.91 Å². The molecule has 142 valence electrons. The summed E-state index contributed by atoms with van der Waals surface area (Å²) < 4.78 is 35.3. The van der Waals surface area contributed by atoms with Gasteiger partial charge in [-0.2, -0.15) is 5.10 Å². The first kappa shape index (κ1) is 17.4. The first-order valence-corrected chi connectivity index (χ1v) is 8.71. The molecule has 1 aromatic carbocycles. The second kappa shape index (κ2) is 6.64. The molecular formula is C18H18F2N4O3. The lowest BCUT2D eigenvalue weighted by molar-refractivity contribution is -0.119. The van der Waals surface area contributed by atoms with Gasteiger partial charge >= 0.3 is 6.09 Å². The molecule has 27 heavy (non-hydrogen) atoms. The maximum atomic E-state index is 15.3. The molecule has 1 fully saturated rings. The van der Waals surface area contributed by atoms with E-state index in [9.17, 15) is 14.0 Å². The summed E-state index contributed by atoms with van der Waals surface area (Å²) >= 11 is 0. The summed E-state index contributed by atoms with van der Waals surface area (Å²) in [4.78, 5) is 24.3. The molecule has 2 N–H and O–H groups in total. The van der Waals surface area contributed by atoms with Crippen molar-refractivity contribution in [1.29, 1.82) is 0 Å². The maximum absolute atomic E-state index is 15.3. The molecule has 0 bridgehead atoms. The fourth-order valence-corrected chi connectivity index (χ4v) is 3.62. The first-order chi connectivity index (χ1) is 13.0. The van der Waals surface area contributed by atoms with Gasteiger partial charge < -0.3 is 10.1 Å². The quantitative estimate of drug-likeness (QED) is 0.861. The number of H-pyrrole nitrogens is 1. The number of aromatic amines is 1. The number of hydrogen-bond acceptors (Lipinski definition) is 4. The Morgan fingerprint density at radius 2 is 2.26 bits per heavy atom. The third-order valence-electron chi connectivity index (χ3n) is 4.88. The highest BCUT2D eigenvalue weighted by Gasteiger charge is 2.36. The Bertz CT molecular complexity index is 928. The second-order valence-electron chi connectivity index (χ2n) is 6.72. The molecule has 1 saturated heterocycles.